The van der Waals surface area contributed by atoms with Crippen molar-refractivity contribution in [3.05, 3.63) is 59.7 Å². The second-order valence-corrected chi connectivity index (χ2v) is 9.39. The molecular formula is C28H37N5O. The molecule has 0 saturated heterocycles. The Balaban J connectivity index is 1.34. The lowest BCUT2D eigenvalue weighted by molar-refractivity contribution is 0.243. The van der Waals surface area contributed by atoms with Crippen LogP contribution < -0.4 is 20.9 Å². The predicted octanol–water partition coefficient (Wildman–Crippen LogP) is 5.97. The normalized spacial score (nSPS) is 17.9. The summed E-state index contributed by atoms with van der Waals surface area (Å²) >= 11 is 0. The van der Waals surface area contributed by atoms with Crippen LogP contribution in [0.15, 0.2) is 48.5 Å². The van der Waals surface area contributed by atoms with Crippen LogP contribution >= 0.6 is 0 Å². The van der Waals surface area contributed by atoms with Gasteiger partial charge in [0.2, 0.25) is 0 Å². The highest BCUT2D eigenvalue weighted by Gasteiger charge is 2.23. The summed E-state index contributed by atoms with van der Waals surface area (Å²) in [7, 11) is 4.13. The van der Waals surface area contributed by atoms with Gasteiger partial charge in [0.05, 0.1) is 5.52 Å². The van der Waals surface area contributed by atoms with E-state index in [0.717, 1.165) is 60.9 Å². The number of carbonyl (C=O) groups is 1. The minimum absolute atomic E-state index is 0.0983. The SMILES string of the molecule is CCc1cccc(CC)c1NC(=O)NC1CCC(Nc2cc(N(C)C)c3ccccc3n2)CC1. The number of fused-ring (bicyclic) bond motifs is 1. The highest BCUT2D eigenvalue weighted by atomic mass is 16.2. The molecular weight excluding hydrogens is 422 g/mol. The highest BCUT2D eigenvalue weighted by molar-refractivity contribution is 5.93. The number of benzene rings is 2. The summed E-state index contributed by atoms with van der Waals surface area (Å²) in [5.74, 6) is 0.916. The van der Waals surface area contributed by atoms with Crippen molar-refractivity contribution in [3.63, 3.8) is 0 Å². The zero-order valence-electron chi connectivity index (χ0n) is 20.8. The number of nitrogens with zero attached hydrogens (tertiary/aromatic N) is 2. The van der Waals surface area contributed by atoms with Crippen molar-refractivity contribution in [2.45, 2.75) is 64.5 Å². The van der Waals surface area contributed by atoms with E-state index < -0.39 is 0 Å². The Bertz CT molecular complexity index is 1110. The molecule has 6 nitrogen and oxygen atoms in total. The van der Waals surface area contributed by atoms with Gasteiger partial charge in [-0.3, -0.25) is 0 Å². The number of rotatable bonds is 7. The minimum Gasteiger partial charge on any atom is -0.377 e. The number of para-hydroxylation sites is 2. The molecule has 6 heteroatoms. The summed E-state index contributed by atoms with van der Waals surface area (Å²) in [4.78, 5) is 19.7. The summed E-state index contributed by atoms with van der Waals surface area (Å²) in [6.07, 6.45) is 5.71. The van der Waals surface area contributed by atoms with E-state index in [-0.39, 0.29) is 12.1 Å². The molecule has 2 amide bonds. The van der Waals surface area contributed by atoms with Gasteiger partial charge >= 0.3 is 6.03 Å². The van der Waals surface area contributed by atoms with Gasteiger partial charge in [0.25, 0.3) is 0 Å². The zero-order valence-corrected chi connectivity index (χ0v) is 20.8. The van der Waals surface area contributed by atoms with Crippen LogP contribution in [0, 0.1) is 0 Å². The van der Waals surface area contributed by atoms with Gasteiger partial charge in [-0.25, -0.2) is 9.78 Å². The van der Waals surface area contributed by atoms with Crippen molar-refractivity contribution in [2.75, 3.05) is 29.6 Å². The lowest BCUT2D eigenvalue weighted by Crippen LogP contribution is -2.42. The van der Waals surface area contributed by atoms with E-state index in [1.54, 1.807) is 0 Å². The molecule has 1 saturated carbocycles. The fourth-order valence-corrected chi connectivity index (χ4v) is 4.93. The first-order chi connectivity index (χ1) is 16.5. The Hall–Kier alpha value is -3.28. The molecule has 1 aromatic heterocycles. The van der Waals surface area contributed by atoms with E-state index in [1.807, 2.05) is 6.07 Å². The molecule has 180 valence electrons. The highest BCUT2D eigenvalue weighted by Crippen LogP contribution is 2.29. The second-order valence-electron chi connectivity index (χ2n) is 9.39. The molecule has 0 unspecified atom stereocenters. The largest absolute Gasteiger partial charge is 0.377 e. The summed E-state index contributed by atoms with van der Waals surface area (Å²) in [5, 5.41) is 11.1. The van der Waals surface area contributed by atoms with E-state index in [2.05, 4.69) is 91.3 Å². The van der Waals surface area contributed by atoms with E-state index in [1.165, 1.54) is 16.8 Å². The van der Waals surface area contributed by atoms with Crippen LogP contribution in [0.4, 0.5) is 22.0 Å². The van der Waals surface area contributed by atoms with E-state index >= 15 is 0 Å². The molecule has 0 bridgehead atoms. The van der Waals surface area contributed by atoms with E-state index in [0.29, 0.717) is 6.04 Å². The predicted molar refractivity (Wildman–Crippen MR) is 143 cm³/mol. The summed E-state index contributed by atoms with van der Waals surface area (Å²) in [6, 6.07) is 17.1. The van der Waals surface area contributed by atoms with Gasteiger partial charge in [-0.05, 0) is 55.7 Å². The minimum atomic E-state index is -0.0983. The summed E-state index contributed by atoms with van der Waals surface area (Å²) < 4.78 is 0. The topological polar surface area (TPSA) is 69.3 Å². The smallest absolute Gasteiger partial charge is 0.319 e. The van der Waals surface area contributed by atoms with Gasteiger partial charge in [-0.2, -0.15) is 0 Å². The number of anilines is 3. The van der Waals surface area contributed by atoms with Crippen LogP contribution in [0.2, 0.25) is 0 Å². The number of pyridine rings is 1. The maximum Gasteiger partial charge on any atom is 0.319 e. The van der Waals surface area contributed by atoms with Crippen molar-refractivity contribution in [2.24, 2.45) is 0 Å². The first-order valence-corrected chi connectivity index (χ1v) is 12.5. The van der Waals surface area contributed by atoms with E-state index in [4.69, 9.17) is 4.98 Å². The third-order valence-corrected chi connectivity index (χ3v) is 6.83. The fraction of sp³-hybridized carbons (Fsp3) is 0.429. The van der Waals surface area contributed by atoms with Crippen molar-refractivity contribution in [1.82, 2.24) is 10.3 Å². The number of aromatic nitrogens is 1. The molecule has 3 N–H and O–H groups in total. The molecule has 0 atom stereocenters. The third-order valence-electron chi connectivity index (χ3n) is 6.83. The monoisotopic (exact) mass is 459 g/mol. The molecule has 0 spiro atoms. The Morgan fingerprint density at radius 3 is 2.24 bits per heavy atom. The van der Waals surface area contributed by atoms with Gasteiger partial charge < -0.3 is 20.9 Å². The molecule has 0 radical (unpaired) electrons. The lowest BCUT2D eigenvalue weighted by atomic mass is 9.91. The number of nitrogens with one attached hydrogen (secondary N) is 3. The molecule has 1 heterocycles. The molecule has 1 aliphatic carbocycles. The number of amides is 2. The fourth-order valence-electron chi connectivity index (χ4n) is 4.93. The Kier molecular flexibility index (Phi) is 7.56. The van der Waals surface area contributed by atoms with Crippen LogP contribution in [0.5, 0.6) is 0 Å². The molecule has 2 aromatic carbocycles. The molecule has 1 fully saturated rings. The Morgan fingerprint density at radius 1 is 0.941 bits per heavy atom. The molecule has 34 heavy (non-hydrogen) atoms. The standard InChI is InChI=1S/C28H37N5O/c1-5-19-10-9-11-20(6-2)27(19)32-28(34)30-22-16-14-21(15-17-22)29-26-18-25(33(3)4)23-12-7-8-13-24(23)31-26/h7-13,18,21-22H,5-6,14-17H2,1-4H3,(H,29,31)(H2,30,32,34). The molecule has 4 rings (SSSR count). The van der Waals surface area contributed by atoms with Gasteiger partial charge in [0, 0.05) is 49.0 Å². The Morgan fingerprint density at radius 2 is 1.59 bits per heavy atom. The van der Waals surface area contributed by atoms with Crippen molar-refractivity contribution in [3.8, 4) is 0 Å². The maximum absolute atomic E-state index is 12.8. The zero-order chi connectivity index (χ0) is 24.1. The van der Waals surface area contributed by atoms with Gasteiger partial charge in [0.15, 0.2) is 0 Å². The average Bonchev–Trinajstić information content (AvgIpc) is 2.84. The second kappa shape index (κ2) is 10.8. The summed E-state index contributed by atoms with van der Waals surface area (Å²) in [6.45, 7) is 4.25. The summed E-state index contributed by atoms with van der Waals surface area (Å²) in [5.41, 5.74) is 5.50. The molecule has 3 aromatic rings. The van der Waals surface area contributed by atoms with Crippen molar-refractivity contribution >= 4 is 34.1 Å². The third kappa shape index (κ3) is 5.44. The van der Waals surface area contributed by atoms with Crippen LogP contribution in [-0.2, 0) is 12.8 Å². The maximum atomic E-state index is 12.8. The number of carbonyl (C=O) groups excluding carboxylic acids is 1. The molecule has 1 aliphatic rings. The average molecular weight is 460 g/mol. The Labute approximate surface area is 203 Å². The van der Waals surface area contributed by atoms with Gasteiger partial charge in [0.1, 0.15) is 5.82 Å². The number of aryl methyl sites for hydroxylation is 2. The quantitative estimate of drug-likeness (QED) is 0.407. The van der Waals surface area contributed by atoms with Crippen LogP contribution in [0.25, 0.3) is 10.9 Å². The van der Waals surface area contributed by atoms with Gasteiger partial charge in [-0.1, -0.05) is 50.2 Å². The van der Waals surface area contributed by atoms with Crippen molar-refractivity contribution in [1.29, 1.82) is 0 Å². The van der Waals surface area contributed by atoms with Gasteiger partial charge in [-0.15, -0.1) is 0 Å². The lowest BCUT2D eigenvalue weighted by Gasteiger charge is -2.30. The first-order valence-electron chi connectivity index (χ1n) is 12.5. The molecule has 0 aliphatic heterocycles. The van der Waals surface area contributed by atoms with E-state index in [9.17, 15) is 4.79 Å². The van der Waals surface area contributed by atoms with Crippen LogP contribution in [0.1, 0.15) is 50.7 Å². The number of hydrogen-bond acceptors (Lipinski definition) is 4. The first kappa shape index (κ1) is 23.9. The number of urea groups is 1. The van der Waals surface area contributed by atoms with Crippen molar-refractivity contribution < 1.29 is 4.79 Å². The number of hydrogen-bond donors (Lipinski definition) is 3. The van der Waals surface area contributed by atoms with Crippen LogP contribution in [0.3, 0.4) is 0 Å². The van der Waals surface area contributed by atoms with Crippen LogP contribution in [-0.4, -0.2) is 37.2 Å².